The molecule has 27 heavy (non-hydrogen) atoms. The summed E-state index contributed by atoms with van der Waals surface area (Å²) in [4.78, 5) is 21.4. The maximum absolute atomic E-state index is 12.5. The first-order valence-corrected chi connectivity index (χ1v) is 9.20. The van der Waals surface area contributed by atoms with Crippen LogP contribution in [-0.4, -0.2) is 28.5 Å². The van der Waals surface area contributed by atoms with E-state index in [0.29, 0.717) is 13.0 Å². The number of rotatable bonds is 5. The van der Waals surface area contributed by atoms with Crippen LogP contribution < -0.4 is 10.6 Å². The van der Waals surface area contributed by atoms with Gasteiger partial charge in [-0.15, -0.1) is 0 Å². The second kappa shape index (κ2) is 7.58. The number of fused-ring (bicyclic) bond motifs is 1. The van der Waals surface area contributed by atoms with Crippen molar-refractivity contribution in [2.75, 3.05) is 11.9 Å². The highest BCUT2D eigenvalue weighted by Crippen LogP contribution is 2.26. The lowest BCUT2D eigenvalue weighted by molar-refractivity contribution is -0.121. The fraction of sp³-hybridized carbons (Fsp3) is 0.227. The lowest BCUT2D eigenvalue weighted by Gasteiger charge is -2.12. The van der Waals surface area contributed by atoms with Crippen LogP contribution in [0, 0.1) is 6.92 Å². The van der Waals surface area contributed by atoms with Crippen LogP contribution in [-0.2, 0) is 17.6 Å². The first kappa shape index (κ1) is 17.2. The van der Waals surface area contributed by atoms with Crippen LogP contribution in [0.2, 0.25) is 0 Å². The quantitative estimate of drug-likeness (QED) is 0.735. The van der Waals surface area contributed by atoms with E-state index in [4.69, 9.17) is 0 Å². The average Bonchev–Trinajstić information content (AvgIpc) is 3.12. The lowest BCUT2D eigenvalue weighted by atomic mass is 10.1. The normalized spacial score (nSPS) is 15.1. The Labute approximate surface area is 158 Å². The van der Waals surface area contributed by atoms with Crippen molar-refractivity contribution in [1.29, 1.82) is 0 Å². The zero-order valence-corrected chi connectivity index (χ0v) is 15.3. The van der Waals surface area contributed by atoms with Crippen LogP contribution in [0.15, 0.2) is 60.8 Å². The molecule has 2 N–H and O–H groups in total. The summed E-state index contributed by atoms with van der Waals surface area (Å²) in [6, 6.07) is 18.0. The minimum atomic E-state index is -0.210. The molecular formula is C22H22N4O. The Balaban J connectivity index is 1.32. The van der Waals surface area contributed by atoms with Gasteiger partial charge in [0, 0.05) is 36.8 Å². The molecule has 0 spiro atoms. The van der Waals surface area contributed by atoms with Gasteiger partial charge in [-0.3, -0.25) is 4.79 Å². The molecule has 0 saturated heterocycles. The average molecular weight is 358 g/mol. The molecule has 1 aliphatic rings. The van der Waals surface area contributed by atoms with Crippen molar-refractivity contribution >= 4 is 11.6 Å². The molecule has 0 radical (unpaired) electrons. The molecule has 0 fully saturated rings. The summed E-state index contributed by atoms with van der Waals surface area (Å²) in [7, 11) is 0. The van der Waals surface area contributed by atoms with Crippen molar-refractivity contribution in [3.8, 4) is 11.3 Å². The van der Waals surface area contributed by atoms with Crippen molar-refractivity contribution in [3.63, 3.8) is 0 Å². The van der Waals surface area contributed by atoms with Gasteiger partial charge >= 0.3 is 0 Å². The Morgan fingerprint density at radius 1 is 1.19 bits per heavy atom. The summed E-state index contributed by atoms with van der Waals surface area (Å²) < 4.78 is 0. The van der Waals surface area contributed by atoms with Crippen molar-refractivity contribution < 1.29 is 4.79 Å². The predicted molar refractivity (Wildman–Crippen MR) is 106 cm³/mol. The van der Waals surface area contributed by atoms with Crippen molar-refractivity contribution in [3.05, 3.63) is 77.7 Å². The van der Waals surface area contributed by atoms with Crippen LogP contribution in [0.1, 0.15) is 17.0 Å². The molecule has 1 atom stereocenters. The second-order valence-electron chi connectivity index (χ2n) is 6.83. The molecule has 136 valence electrons. The van der Waals surface area contributed by atoms with E-state index in [-0.39, 0.29) is 11.9 Å². The van der Waals surface area contributed by atoms with Crippen LogP contribution in [0.25, 0.3) is 11.3 Å². The third kappa shape index (κ3) is 3.97. The Morgan fingerprint density at radius 3 is 2.89 bits per heavy atom. The van der Waals surface area contributed by atoms with E-state index in [9.17, 15) is 4.79 Å². The Kier molecular flexibility index (Phi) is 4.83. The zero-order chi connectivity index (χ0) is 18.6. The van der Waals surface area contributed by atoms with Gasteiger partial charge in [-0.1, -0.05) is 48.0 Å². The van der Waals surface area contributed by atoms with Gasteiger partial charge in [-0.2, -0.15) is 0 Å². The summed E-state index contributed by atoms with van der Waals surface area (Å²) >= 11 is 0. The number of nitrogens with one attached hydrogen (secondary N) is 2. The number of carbonyl (C=O) groups excluding carboxylic acids is 1. The lowest BCUT2D eigenvalue weighted by Crippen LogP contribution is -2.39. The molecule has 1 amide bonds. The molecule has 2 aromatic carbocycles. The Hall–Kier alpha value is -3.21. The smallest absolute Gasteiger partial charge is 0.242 e. The highest BCUT2D eigenvalue weighted by Gasteiger charge is 2.26. The number of hydrogen-bond acceptors (Lipinski definition) is 4. The van der Waals surface area contributed by atoms with Gasteiger partial charge in [0.05, 0.1) is 5.69 Å². The topological polar surface area (TPSA) is 66.9 Å². The van der Waals surface area contributed by atoms with E-state index in [1.54, 1.807) is 6.20 Å². The van der Waals surface area contributed by atoms with Gasteiger partial charge in [-0.25, -0.2) is 9.97 Å². The molecule has 5 heteroatoms. The largest absolute Gasteiger partial charge is 0.373 e. The molecule has 2 heterocycles. The van der Waals surface area contributed by atoms with Crippen molar-refractivity contribution in [2.24, 2.45) is 0 Å². The second-order valence-corrected chi connectivity index (χ2v) is 6.83. The predicted octanol–water partition coefficient (Wildman–Crippen LogP) is 3.15. The SMILES string of the molecule is Cc1ccc2c(c1)CC(C(=O)NCCc1nccc(-c3ccccc3)n1)N2. The fourth-order valence-electron chi connectivity index (χ4n) is 3.36. The number of aryl methyl sites for hydroxylation is 1. The number of aromatic nitrogens is 2. The maximum atomic E-state index is 12.5. The minimum absolute atomic E-state index is 0.0167. The number of nitrogens with zero attached hydrogens (tertiary/aromatic N) is 2. The fourth-order valence-corrected chi connectivity index (χ4v) is 3.36. The Bertz CT molecular complexity index is 956. The van der Waals surface area contributed by atoms with E-state index < -0.39 is 0 Å². The molecule has 0 bridgehead atoms. The van der Waals surface area contributed by atoms with Crippen LogP contribution >= 0.6 is 0 Å². The molecule has 4 rings (SSSR count). The highest BCUT2D eigenvalue weighted by atomic mass is 16.2. The number of benzene rings is 2. The summed E-state index contributed by atoms with van der Waals surface area (Å²) in [5, 5.41) is 6.30. The number of anilines is 1. The molecular weight excluding hydrogens is 336 g/mol. The first-order chi connectivity index (χ1) is 13.2. The molecule has 1 aromatic heterocycles. The molecule has 1 unspecified atom stereocenters. The van der Waals surface area contributed by atoms with E-state index in [1.807, 2.05) is 42.5 Å². The van der Waals surface area contributed by atoms with E-state index >= 15 is 0 Å². The third-order valence-corrected chi connectivity index (χ3v) is 4.75. The molecule has 3 aromatic rings. The van der Waals surface area contributed by atoms with E-state index in [0.717, 1.165) is 29.2 Å². The summed E-state index contributed by atoms with van der Waals surface area (Å²) in [5.41, 5.74) is 5.43. The van der Waals surface area contributed by atoms with Crippen LogP contribution in [0.3, 0.4) is 0 Å². The first-order valence-electron chi connectivity index (χ1n) is 9.20. The number of amides is 1. The molecule has 0 saturated carbocycles. The molecule has 5 nitrogen and oxygen atoms in total. The number of hydrogen-bond donors (Lipinski definition) is 2. The third-order valence-electron chi connectivity index (χ3n) is 4.75. The Morgan fingerprint density at radius 2 is 2.04 bits per heavy atom. The van der Waals surface area contributed by atoms with Gasteiger partial charge < -0.3 is 10.6 Å². The summed E-state index contributed by atoms with van der Waals surface area (Å²) in [5.74, 6) is 0.748. The summed E-state index contributed by atoms with van der Waals surface area (Å²) in [6.07, 6.45) is 3.10. The summed E-state index contributed by atoms with van der Waals surface area (Å²) in [6.45, 7) is 2.59. The van der Waals surface area contributed by atoms with Crippen molar-refractivity contribution in [1.82, 2.24) is 15.3 Å². The van der Waals surface area contributed by atoms with Gasteiger partial charge in [0.15, 0.2) is 0 Å². The van der Waals surface area contributed by atoms with Crippen molar-refractivity contribution in [2.45, 2.75) is 25.8 Å². The van der Waals surface area contributed by atoms with Gasteiger partial charge in [-0.05, 0) is 24.6 Å². The standard InChI is InChI=1S/C22H22N4O/c1-15-7-8-18-17(13-15)14-20(25-18)22(27)24-12-10-21-23-11-9-19(26-21)16-5-3-2-4-6-16/h2-9,11,13,20,25H,10,12,14H2,1H3,(H,24,27). The van der Waals surface area contributed by atoms with E-state index in [2.05, 4.69) is 39.7 Å². The molecule has 1 aliphatic heterocycles. The van der Waals surface area contributed by atoms with Crippen LogP contribution in [0.5, 0.6) is 0 Å². The maximum Gasteiger partial charge on any atom is 0.242 e. The highest BCUT2D eigenvalue weighted by molar-refractivity contribution is 5.87. The monoisotopic (exact) mass is 358 g/mol. The van der Waals surface area contributed by atoms with E-state index in [1.165, 1.54) is 11.1 Å². The van der Waals surface area contributed by atoms with Gasteiger partial charge in [0.25, 0.3) is 0 Å². The van der Waals surface area contributed by atoms with Gasteiger partial charge in [0.2, 0.25) is 5.91 Å². The minimum Gasteiger partial charge on any atom is -0.373 e. The number of carbonyl (C=O) groups is 1. The zero-order valence-electron chi connectivity index (χ0n) is 15.3. The molecule has 0 aliphatic carbocycles. The van der Waals surface area contributed by atoms with Gasteiger partial charge in [0.1, 0.15) is 11.9 Å². The van der Waals surface area contributed by atoms with Crippen LogP contribution in [0.4, 0.5) is 5.69 Å².